The molecule has 1 aromatic carbocycles. The Bertz CT molecular complexity index is 488. The molecule has 0 radical (unpaired) electrons. The smallest absolute Gasteiger partial charge is 0.280 e. The zero-order chi connectivity index (χ0) is 9.97. The van der Waals surface area contributed by atoms with Crippen LogP contribution in [0.25, 0.3) is 11.1 Å². The minimum absolute atomic E-state index is 0.186. The van der Waals surface area contributed by atoms with Gasteiger partial charge in [-0.05, 0) is 5.56 Å². The summed E-state index contributed by atoms with van der Waals surface area (Å²) in [6.45, 7) is 0. The molecule has 0 atom stereocenters. The Kier molecular flexibility index (Phi) is 2.14. The van der Waals surface area contributed by atoms with Crippen LogP contribution < -0.4 is 5.56 Å². The van der Waals surface area contributed by atoms with Gasteiger partial charge in [-0.3, -0.25) is 4.79 Å². The molecule has 3 heteroatoms. The van der Waals surface area contributed by atoms with Crippen molar-refractivity contribution in [2.45, 2.75) is 0 Å². The second-order valence-electron chi connectivity index (χ2n) is 3.12. The van der Waals surface area contributed by atoms with Crippen LogP contribution in [0.15, 0.2) is 47.7 Å². The molecule has 0 amide bonds. The van der Waals surface area contributed by atoms with Crippen LogP contribution in [0.2, 0.25) is 0 Å². The van der Waals surface area contributed by atoms with Gasteiger partial charge in [0.15, 0.2) is 0 Å². The van der Waals surface area contributed by atoms with Crippen molar-refractivity contribution in [3.63, 3.8) is 0 Å². The number of hydrogen-bond donors (Lipinski definition) is 0. The van der Waals surface area contributed by atoms with Crippen molar-refractivity contribution in [1.82, 2.24) is 9.55 Å². The summed E-state index contributed by atoms with van der Waals surface area (Å²) in [6.07, 6.45) is 3.29. The van der Waals surface area contributed by atoms with Gasteiger partial charge in [0, 0.05) is 13.2 Å². The summed E-state index contributed by atoms with van der Waals surface area (Å²) in [5.41, 5.74) is 1.35. The predicted octanol–water partition coefficient (Wildman–Crippen LogP) is 1.45. The molecular formula is C11H10N2O. The average molecular weight is 186 g/mol. The van der Waals surface area contributed by atoms with Crippen LogP contribution in [0.3, 0.4) is 0 Å². The molecule has 70 valence electrons. The van der Waals surface area contributed by atoms with E-state index in [2.05, 4.69) is 4.98 Å². The van der Waals surface area contributed by atoms with Crippen molar-refractivity contribution in [3.05, 3.63) is 53.2 Å². The van der Waals surface area contributed by atoms with Gasteiger partial charge in [0.25, 0.3) is 5.56 Å². The van der Waals surface area contributed by atoms with Crippen molar-refractivity contribution in [2.24, 2.45) is 7.05 Å². The van der Waals surface area contributed by atoms with E-state index in [-0.39, 0.29) is 5.56 Å². The molecule has 0 aliphatic rings. The standard InChI is InChI=1S/C11H10N2O/c1-13-7-10(11(14)12-8-13)9-5-3-2-4-6-9/h2-8H,1H3. The highest BCUT2D eigenvalue weighted by Crippen LogP contribution is 2.12. The molecule has 2 aromatic rings. The number of rotatable bonds is 1. The van der Waals surface area contributed by atoms with Crippen molar-refractivity contribution in [3.8, 4) is 11.1 Å². The van der Waals surface area contributed by atoms with Crippen LogP contribution in [-0.2, 0) is 7.05 Å². The first kappa shape index (κ1) is 8.69. The highest BCUT2D eigenvalue weighted by molar-refractivity contribution is 5.60. The van der Waals surface area contributed by atoms with Gasteiger partial charge in [-0.15, -0.1) is 0 Å². The van der Waals surface area contributed by atoms with Crippen molar-refractivity contribution >= 4 is 0 Å². The lowest BCUT2D eigenvalue weighted by molar-refractivity contribution is 0.856. The fourth-order valence-corrected chi connectivity index (χ4v) is 1.32. The van der Waals surface area contributed by atoms with Gasteiger partial charge in [-0.25, -0.2) is 0 Å². The van der Waals surface area contributed by atoms with Crippen molar-refractivity contribution in [2.75, 3.05) is 0 Å². The van der Waals surface area contributed by atoms with Crippen LogP contribution in [-0.4, -0.2) is 9.55 Å². The molecule has 0 aliphatic heterocycles. The lowest BCUT2D eigenvalue weighted by Crippen LogP contribution is -2.11. The Morgan fingerprint density at radius 2 is 1.93 bits per heavy atom. The Morgan fingerprint density at radius 3 is 2.64 bits per heavy atom. The van der Waals surface area contributed by atoms with Crippen molar-refractivity contribution < 1.29 is 0 Å². The van der Waals surface area contributed by atoms with Crippen LogP contribution >= 0.6 is 0 Å². The topological polar surface area (TPSA) is 34.9 Å². The quantitative estimate of drug-likeness (QED) is 0.675. The molecule has 0 fully saturated rings. The second-order valence-corrected chi connectivity index (χ2v) is 3.12. The Morgan fingerprint density at radius 1 is 1.21 bits per heavy atom. The number of hydrogen-bond acceptors (Lipinski definition) is 2. The zero-order valence-corrected chi connectivity index (χ0v) is 7.84. The van der Waals surface area contributed by atoms with Gasteiger partial charge >= 0.3 is 0 Å². The Hall–Kier alpha value is -1.90. The molecule has 0 spiro atoms. The van der Waals surface area contributed by atoms with Gasteiger partial charge in [-0.1, -0.05) is 30.3 Å². The maximum atomic E-state index is 11.4. The lowest BCUT2D eigenvalue weighted by atomic mass is 10.1. The fourth-order valence-electron chi connectivity index (χ4n) is 1.32. The number of aryl methyl sites for hydroxylation is 1. The van der Waals surface area contributed by atoms with Gasteiger partial charge in [-0.2, -0.15) is 4.98 Å². The van der Waals surface area contributed by atoms with Crippen LogP contribution in [0.1, 0.15) is 0 Å². The lowest BCUT2D eigenvalue weighted by Gasteiger charge is -2.01. The molecule has 2 rings (SSSR count). The first-order valence-electron chi connectivity index (χ1n) is 4.35. The Labute approximate surface area is 81.7 Å². The third-order valence-corrected chi connectivity index (χ3v) is 2.01. The first-order valence-corrected chi connectivity index (χ1v) is 4.35. The SMILES string of the molecule is Cn1cnc(=O)c(-c2ccccc2)c1. The molecule has 0 bridgehead atoms. The molecule has 0 N–H and O–H groups in total. The first-order chi connectivity index (χ1) is 6.77. The summed E-state index contributed by atoms with van der Waals surface area (Å²) in [6, 6.07) is 9.53. The predicted molar refractivity (Wildman–Crippen MR) is 54.9 cm³/mol. The molecule has 3 nitrogen and oxygen atoms in total. The average Bonchev–Trinajstić information content (AvgIpc) is 2.23. The van der Waals surface area contributed by atoms with E-state index < -0.39 is 0 Å². The maximum Gasteiger partial charge on any atom is 0.280 e. The number of nitrogens with zero attached hydrogens (tertiary/aromatic N) is 2. The second kappa shape index (κ2) is 3.46. The normalized spacial score (nSPS) is 10.1. The van der Waals surface area contributed by atoms with Crippen molar-refractivity contribution in [1.29, 1.82) is 0 Å². The fraction of sp³-hybridized carbons (Fsp3) is 0.0909. The highest BCUT2D eigenvalue weighted by Gasteiger charge is 2.02. The maximum absolute atomic E-state index is 11.4. The van der Waals surface area contributed by atoms with E-state index in [0.717, 1.165) is 5.56 Å². The van der Waals surface area contributed by atoms with Gasteiger partial charge in [0.05, 0.1) is 11.9 Å². The van der Waals surface area contributed by atoms with E-state index in [9.17, 15) is 4.79 Å². The summed E-state index contributed by atoms with van der Waals surface area (Å²) in [7, 11) is 1.85. The van der Waals surface area contributed by atoms with Gasteiger partial charge in [0.1, 0.15) is 0 Å². The van der Waals surface area contributed by atoms with E-state index in [4.69, 9.17) is 0 Å². The molecule has 1 heterocycles. The van der Waals surface area contributed by atoms with Gasteiger partial charge in [0.2, 0.25) is 0 Å². The highest BCUT2D eigenvalue weighted by atomic mass is 16.1. The van der Waals surface area contributed by atoms with E-state index in [1.165, 1.54) is 6.33 Å². The molecular weight excluding hydrogens is 176 g/mol. The van der Waals surface area contributed by atoms with Crippen LogP contribution in [0, 0.1) is 0 Å². The largest absolute Gasteiger partial charge is 0.341 e. The molecule has 0 saturated heterocycles. The summed E-state index contributed by atoms with van der Waals surface area (Å²) in [5.74, 6) is 0. The molecule has 0 unspecified atom stereocenters. The number of aromatic nitrogens is 2. The minimum Gasteiger partial charge on any atom is -0.341 e. The van der Waals surface area contributed by atoms with E-state index in [0.29, 0.717) is 5.56 Å². The van der Waals surface area contributed by atoms with Crippen LogP contribution in [0.5, 0.6) is 0 Å². The summed E-state index contributed by atoms with van der Waals surface area (Å²) >= 11 is 0. The van der Waals surface area contributed by atoms with E-state index in [1.54, 1.807) is 10.8 Å². The molecule has 0 saturated carbocycles. The summed E-state index contributed by atoms with van der Waals surface area (Å²) < 4.78 is 1.77. The molecule has 14 heavy (non-hydrogen) atoms. The third kappa shape index (κ3) is 1.57. The van der Waals surface area contributed by atoms with Crippen LogP contribution in [0.4, 0.5) is 0 Å². The third-order valence-electron chi connectivity index (χ3n) is 2.01. The monoisotopic (exact) mass is 186 g/mol. The number of benzene rings is 1. The Balaban J connectivity index is 2.63. The molecule has 0 aliphatic carbocycles. The van der Waals surface area contributed by atoms with E-state index >= 15 is 0 Å². The van der Waals surface area contributed by atoms with E-state index in [1.807, 2.05) is 37.4 Å². The zero-order valence-electron chi connectivity index (χ0n) is 7.84. The minimum atomic E-state index is -0.186. The van der Waals surface area contributed by atoms with Gasteiger partial charge < -0.3 is 4.57 Å². The summed E-state index contributed by atoms with van der Waals surface area (Å²) in [5, 5.41) is 0. The molecule has 1 aromatic heterocycles. The summed E-state index contributed by atoms with van der Waals surface area (Å²) in [4.78, 5) is 15.2.